The molecule has 0 spiro atoms. The lowest BCUT2D eigenvalue weighted by Gasteiger charge is -2.09. The number of nitrogens with zero attached hydrogens (tertiary/aromatic N) is 1. The summed E-state index contributed by atoms with van der Waals surface area (Å²) in [6.45, 7) is 1.66. The first kappa shape index (κ1) is 14.4. The highest BCUT2D eigenvalue weighted by atomic mass is 19.1. The molecule has 0 aliphatic heterocycles. The molecule has 3 N–H and O–H groups in total. The zero-order chi connectivity index (χ0) is 15.6. The summed E-state index contributed by atoms with van der Waals surface area (Å²) in [4.78, 5) is 22.4. The summed E-state index contributed by atoms with van der Waals surface area (Å²) in [6, 6.07) is 7.62. The number of hydrogen-bond acceptors (Lipinski definition) is 4. The Hall–Kier alpha value is -2.96. The van der Waals surface area contributed by atoms with Gasteiger partial charge in [0.15, 0.2) is 0 Å². The van der Waals surface area contributed by atoms with Crippen LogP contribution in [0.1, 0.15) is 15.9 Å². The van der Waals surface area contributed by atoms with E-state index < -0.39 is 16.6 Å². The molecule has 2 rings (SSSR count). The van der Waals surface area contributed by atoms with Gasteiger partial charge >= 0.3 is 0 Å². The molecule has 0 heterocycles. The number of nitro benzene ring substituents is 1. The lowest BCUT2D eigenvalue weighted by molar-refractivity contribution is -0.384. The van der Waals surface area contributed by atoms with Crippen LogP contribution in [0.25, 0.3) is 0 Å². The predicted octanol–water partition coefficient (Wildman–Crippen LogP) is 2.88. The Bertz CT molecular complexity index is 731. The number of nitro groups is 1. The molecule has 0 aliphatic rings. The Morgan fingerprint density at radius 2 is 2.05 bits per heavy atom. The van der Waals surface area contributed by atoms with Crippen molar-refractivity contribution in [2.24, 2.45) is 0 Å². The third kappa shape index (κ3) is 2.97. The maximum atomic E-state index is 13.2. The average Bonchev–Trinajstić information content (AvgIpc) is 2.41. The number of amides is 1. The van der Waals surface area contributed by atoms with E-state index >= 15 is 0 Å². The molecule has 0 unspecified atom stereocenters. The lowest BCUT2D eigenvalue weighted by Crippen LogP contribution is -2.15. The summed E-state index contributed by atoms with van der Waals surface area (Å²) in [6.07, 6.45) is 0. The van der Waals surface area contributed by atoms with E-state index in [1.54, 1.807) is 19.1 Å². The molecule has 2 aromatic carbocycles. The van der Waals surface area contributed by atoms with Gasteiger partial charge in [-0.1, -0.05) is 6.07 Å². The molecule has 2 aromatic rings. The molecule has 0 bridgehead atoms. The Balaban J connectivity index is 2.38. The number of nitrogens with two attached hydrogens (primary N) is 1. The molecule has 108 valence electrons. The van der Waals surface area contributed by atoms with Crippen molar-refractivity contribution in [3.63, 3.8) is 0 Å². The molecular formula is C14H12FN3O3. The van der Waals surface area contributed by atoms with Crippen LogP contribution in [0.3, 0.4) is 0 Å². The van der Waals surface area contributed by atoms with Crippen molar-refractivity contribution < 1.29 is 14.1 Å². The second-order valence-corrected chi connectivity index (χ2v) is 4.39. The van der Waals surface area contributed by atoms with Crippen molar-refractivity contribution in [1.82, 2.24) is 0 Å². The molecule has 1 amide bonds. The third-order valence-corrected chi connectivity index (χ3v) is 3.02. The van der Waals surface area contributed by atoms with Gasteiger partial charge in [0.2, 0.25) is 0 Å². The van der Waals surface area contributed by atoms with E-state index in [1.807, 2.05) is 0 Å². The van der Waals surface area contributed by atoms with Crippen molar-refractivity contribution in [3.05, 3.63) is 63.5 Å². The number of nitrogen functional groups attached to an aromatic ring is 1. The first-order chi connectivity index (χ1) is 9.90. The van der Waals surface area contributed by atoms with E-state index in [4.69, 9.17) is 5.73 Å². The molecule has 0 aliphatic carbocycles. The second kappa shape index (κ2) is 5.58. The summed E-state index contributed by atoms with van der Waals surface area (Å²) < 4.78 is 13.2. The maximum absolute atomic E-state index is 13.2. The van der Waals surface area contributed by atoms with Crippen molar-refractivity contribution in [2.45, 2.75) is 6.92 Å². The molecule has 0 saturated heterocycles. The number of anilines is 2. The molecule has 0 fully saturated rings. The highest BCUT2D eigenvalue weighted by Gasteiger charge is 2.18. The molecule has 0 radical (unpaired) electrons. The Labute approximate surface area is 119 Å². The predicted molar refractivity (Wildman–Crippen MR) is 76.6 cm³/mol. The summed E-state index contributed by atoms with van der Waals surface area (Å²) in [5.74, 6) is -1.27. The summed E-state index contributed by atoms with van der Waals surface area (Å²) in [7, 11) is 0. The van der Waals surface area contributed by atoms with Crippen LogP contribution in [-0.4, -0.2) is 10.8 Å². The van der Waals surface area contributed by atoms with Crippen LogP contribution < -0.4 is 11.1 Å². The van der Waals surface area contributed by atoms with E-state index in [2.05, 4.69) is 5.32 Å². The monoisotopic (exact) mass is 289 g/mol. The minimum absolute atomic E-state index is 0.202. The highest BCUT2D eigenvalue weighted by molar-refractivity contribution is 6.07. The number of benzene rings is 2. The summed E-state index contributed by atoms with van der Waals surface area (Å²) in [5.41, 5.74) is 6.37. The average molecular weight is 289 g/mol. The number of halogens is 1. The topological polar surface area (TPSA) is 98.3 Å². The first-order valence-corrected chi connectivity index (χ1v) is 6.00. The van der Waals surface area contributed by atoms with Crippen LogP contribution in [-0.2, 0) is 0 Å². The maximum Gasteiger partial charge on any atom is 0.292 e. The zero-order valence-electron chi connectivity index (χ0n) is 11.1. The third-order valence-electron chi connectivity index (χ3n) is 3.02. The van der Waals surface area contributed by atoms with Gasteiger partial charge in [0.05, 0.1) is 4.92 Å². The van der Waals surface area contributed by atoms with Crippen molar-refractivity contribution in [3.8, 4) is 0 Å². The van der Waals surface area contributed by atoms with E-state index in [1.165, 1.54) is 6.07 Å². The second-order valence-electron chi connectivity index (χ2n) is 4.39. The number of carbonyl (C=O) groups excluding carboxylic acids is 1. The quantitative estimate of drug-likeness (QED) is 0.515. The van der Waals surface area contributed by atoms with Crippen LogP contribution in [0, 0.1) is 22.9 Å². The molecule has 21 heavy (non-hydrogen) atoms. The van der Waals surface area contributed by atoms with Crippen LogP contribution in [0.4, 0.5) is 21.5 Å². The molecule has 0 atom stereocenters. The van der Waals surface area contributed by atoms with Gasteiger partial charge in [0.25, 0.3) is 11.6 Å². The fourth-order valence-electron chi connectivity index (χ4n) is 1.86. The molecule has 7 heteroatoms. The normalized spacial score (nSPS) is 10.2. The number of nitrogens with one attached hydrogen (secondary N) is 1. The highest BCUT2D eigenvalue weighted by Crippen LogP contribution is 2.26. The smallest absolute Gasteiger partial charge is 0.292 e. The Morgan fingerprint density at radius 3 is 2.71 bits per heavy atom. The van der Waals surface area contributed by atoms with Crippen LogP contribution in [0.2, 0.25) is 0 Å². The van der Waals surface area contributed by atoms with Gasteiger partial charge in [-0.2, -0.15) is 0 Å². The van der Waals surface area contributed by atoms with Gasteiger partial charge in [-0.05, 0) is 30.7 Å². The number of rotatable bonds is 3. The number of carbonyl (C=O) groups is 1. The zero-order valence-corrected chi connectivity index (χ0v) is 11.1. The minimum atomic E-state index is -0.693. The largest absolute Gasteiger partial charge is 0.398 e. The minimum Gasteiger partial charge on any atom is -0.398 e. The van der Waals surface area contributed by atoms with Crippen LogP contribution >= 0.6 is 0 Å². The lowest BCUT2D eigenvalue weighted by atomic mass is 10.1. The van der Waals surface area contributed by atoms with Gasteiger partial charge in [0.1, 0.15) is 11.5 Å². The summed E-state index contributed by atoms with van der Waals surface area (Å²) >= 11 is 0. The summed E-state index contributed by atoms with van der Waals surface area (Å²) in [5, 5.41) is 13.2. The van der Waals surface area contributed by atoms with Crippen LogP contribution in [0.15, 0.2) is 36.4 Å². The van der Waals surface area contributed by atoms with Crippen molar-refractivity contribution >= 4 is 23.0 Å². The van der Waals surface area contributed by atoms with Crippen molar-refractivity contribution in [1.29, 1.82) is 0 Å². The van der Waals surface area contributed by atoms with Crippen molar-refractivity contribution in [2.75, 3.05) is 11.1 Å². The first-order valence-electron chi connectivity index (χ1n) is 6.00. The molecular weight excluding hydrogens is 277 g/mol. The van der Waals surface area contributed by atoms with Gasteiger partial charge in [-0.15, -0.1) is 0 Å². The van der Waals surface area contributed by atoms with E-state index in [0.717, 1.165) is 18.2 Å². The Kier molecular flexibility index (Phi) is 3.84. The van der Waals surface area contributed by atoms with E-state index in [0.29, 0.717) is 11.3 Å². The molecule has 0 saturated carbocycles. The molecule has 0 aromatic heterocycles. The van der Waals surface area contributed by atoms with E-state index in [9.17, 15) is 19.3 Å². The standard InChI is InChI=1S/C14H12FN3O3/c1-8-10(3-2-4-11(8)16)14(19)17-12-7-9(15)5-6-13(12)18(20)21/h2-7H,16H2,1H3,(H,17,19). The fraction of sp³-hybridized carbons (Fsp3) is 0.0714. The SMILES string of the molecule is Cc1c(N)cccc1C(=O)Nc1cc(F)ccc1[N+](=O)[O-]. The molecule has 6 nitrogen and oxygen atoms in total. The fourth-order valence-corrected chi connectivity index (χ4v) is 1.86. The van der Waals surface area contributed by atoms with Gasteiger partial charge in [-0.25, -0.2) is 4.39 Å². The Morgan fingerprint density at radius 1 is 1.33 bits per heavy atom. The number of hydrogen-bond donors (Lipinski definition) is 2. The van der Waals surface area contributed by atoms with Gasteiger partial charge in [0, 0.05) is 23.4 Å². The van der Waals surface area contributed by atoms with E-state index in [-0.39, 0.29) is 16.9 Å². The van der Waals surface area contributed by atoms with Gasteiger partial charge < -0.3 is 11.1 Å². The van der Waals surface area contributed by atoms with Crippen LogP contribution in [0.5, 0.6) is 0 Å². The van der Waals surface area contributed by atoms with Gasteiger partial charge in [-0.3, -0.25) is 14.9 Å².